The Kier molecular flexibility index (Phi) is 8.31. The molecule has 20 heavy (non-hydrogen) atoms. The van der Waals surface area contributed by atoms with E-state index in [0.717, 1.165) is 17.7 Å². The molecule has 3 heteroatoms. The number of para-hydroxylation sites is 1. The Morgan fingerprint density at radius 1 is 1.15 bits per heavy atom. The Morgan fingerprint density at radius 3 is 2.60 bits per heavy atom. The lowest BCUT2D eigenvalue weighted by atomic mass is 10.1. The summed E-state index contributed by atoms with van der Waals surface area (Å²) in [5.41, 5.74) is 7.20. The monoisotopic (exact) mass is 279 g/mol. The van der Waals surface area contributed by atoms with Gasteiger partial charge in [0.1, 0.15) is 5.75 Å². The average Bonchev–Trinajstić information content (AvgIpc) is 2.49. The number of methoxy groups -OCH3 is 1. The molecule has 0 saturated carbocycles. The van der Waals surface area contributed by atoms with Gasteiger partial charge in [0.25, 0.3) is 0 Å². The van der Waals surface area contributed by atoms with Crippen LogP contribution in [0, 0.1) is 0 Å². The minimum Gasteiger partial charge on any atom is -0.496 e. The molecule has 1 rings (SSSR count). The number of nitrogens with two attached hydrogens (primary N) is 1. The smallest absolute Gasteiger partial charge is 0.123 e. The molecule has 2 atom stereocenters. The van der Waals surface area contributed by atoms with Gasteiger partial charge in [0.05, 0.1) is 25.9 Å². The van der Waals surface area contributed by atoms with E-state index >= 15 is 0 Å². The molecule has 3 nitrogen and oxygen atoms in total. The summed E-state index contributed by atoms with van der Waals surface area (Å²) in [6.45, 7) is 4.89. The van der Waals surface area contributed by atoms with Gasteiger partial charge in [0, 0.05) is 5.56 Å². The van der Waals surface area contributed by atoms with E-state index in [4.69, 9.17) is 15.2 Å². The predicted molar refractivity (Wildman–Crippen MR) is 84.1 cm³/mol. The largest absolute Gasteiger partial charge is 0.496 e. The Labute approximate surface area is 123 Å². The van der Waals surface area contributed by atoms with Gasteiger partial charge in [-0.05, 0) is 19.4 Å². The van der Waals surface area contributed by atoms with Crippen LogP contribution < -0.4 is 10.5 Å². The maximum Gasteiger partial charge on any atom is 0.123 e. The van der Waals surface area contributed by atoms with E-state index in [1.807, 2.05) is 24.3 Å². The first-order valence-electron chi connectivity index (χ1n) is 7.69. The SMILES string of the molecule is CCCCCCC(C)OCC(N)c1ccccc1OC. The van der Waals surface area contributed by atoms with Crippen LogP contribution in [-0.4, -0.2) is 19.8 Å². The fourth-order valence-corrected chi connectivity index (χ4v) is 2.27. The average molecular weight is 279 g/mol. The van der Waals surface area contributed by atoms with Crippen LogP contribution in [0.2, 0.25) is 0 Å². The zero-order valence-corrected chi connectivity index (χ0v) is 13.1. The van der Waals surface area contributed by atoms with Crippen LogP contribution in [-0.2, 0) is 4.74 Å². The standard InChI is InChI=1S/C17H29NO2/c1-4-5-6-7-10-14(2)20-13-16(18)15-11-8-9-12-17(15)19-3/h8-9,11-12,14,16H,4-7,10,13,18H2,1-3H3. The summed E-state index contributed by atoms with van der Waals surface area (Å²) < 4.78 is 11.2. The summed E-state index contributed by atoms with van der Waals surface area (Å²) in [5, 5.41) is 0. The molecule has 0 heterocycles. The van der Waals surface area contributed by atoms with Gasteiger partial charge in [0.2, 0.25) is 0 Å². The minimum atomic E-state index is -0.135. The van der Waals surface area contributed by atoms with E-state index in [1.54, 1.807) is 7.11 Å². The highest BCUT2D eigenvalue weighted by Crippen LogP contribution is 2.23. The van der Waals surface area contributed by atoms with Crippen LogP contribution >= 0.6 is 0 Å². The highest BCUT2D eigenvalue weighted by molar-refractivity contribution is 5.35. The summed E-state index contributed by atoms with van der Waals surface area (Å²) in [5.74, 6) is 0.833. The molecule has 0 aliphatic rings. The van der Waals surface area contributed by atoms with Crippen molar-refractivity contribution in [1.29, 1.82) is 0 Å². The molecule has 0 aliphatic heterocycles. The third-order valence-electron chi connectivity index (χ3n) is 3.56. The summed E-state index contributed by atoms with van der Waals surface area (Å²) >= 11 is 0. The Bertz CT molecular complexity index is 368. The van der Waals surface area contributed by atoms with Crippen LogP contribution in [0.4, 0.5) is 0 Å². The predicted octanol–water partition coefficient (Wildman–Crippen LogP) is 4.07. The van der Waals surface area contributed by atoms with Crippen molar-refractivity contribution in [2.45, 2.75) is 58.1 Å². The van der Waals surface area contributed by atoms with E-state index in [1.165, 1.54) is 25.7 Å². The normalized spacial score (nSPS) is 14.0. The summed E-state index contributed by atoms with van der Waals surface area (Å²) in [6, 6.07) is 7.73. The van der Waals surface area contributed by atoms with Crippen molar-refractivity contribution in [1.82, 2.24) is 0 Å². The van der Waals surface area contributed by atoms with Crippen LogP contribution in [0.3, 0.4) is 0 Å². The van der Waals surface area contributed by atoms with Gasteiger partial charge in [-0.3, -0.25) is 0 Å². The van der Waals surface area contributed by atoms with Crippen molar-refractivity contribution in [3.8, 4) is 5.75 Å². The second-order valence-corrected chi connectivity index (χ2v) is 5.34. The van der Waals surface area contributed by atoms with Gasteiger partial charge in [-0.2, -0.15) is 0 Å². The van der Waals surface area contributed by atoms with Gasteiger partial charge in [-0.1, -0.05) is 50.8 Å². The quantitative estimate of drug-likeness (QED) is 0.657. The Hall–Kier alpha value is -1.06. The molecule has 0 fully saturated rings. The van der Waals surface area contributed by atoms with E-state index < -0.39 is 0 Å². The molecular formula is C17H29NO2. The fourth-order valence-electron chi connectivity index (χ4n) is 2.27. The highest BCUT2D eigenvalue weighted by atomic mass is 16.5. The number of benzene rings is 1. The molecule has 0 amide bonds. The Morgan fingerprint density at radius 2 is 1.90 bits per heavy atom. The third kappa shape index (κ3) is 5.93. The van der Waals surface area contributed by atoms with Gasteiger partial charge in [0.15, 0.2) is 0 Å². The third-order valence-corrected chi connectivity index (χ3v) is 3.56. The molecule has 0 bridgehead atoms. The van der Waals surface area contributed by atoms with Crippen LogP contribution in [0.5, 0.6) is 5.75 Å². The fraction of sp³-hybridized carbons (Fsp3) is 0.647. The second kappa shape index (κ2) is 9.78. The molecule has 1 aromatic rings. The number of hydrogen-bond donors (Lipinski definition) is 1. The number of hydrogen-bond acceptors (Lipinski definition) is 3. The van der Waals surface area contributed by atoms with Gasteiger partial charge in [-0.15, -0.1) is 0 Å². The summed E-state index contributed by atoms with van der Waals surface area (Å²) in [6.07, 6.45) is 6.49. The number of unbranched alkanes of at least 4 members (excludes halogenated alkanes) is 3. The minimum absolute atomic E-state index is 0.135. The lowest BCUT2D eigenvalue weighted by molar-refractivity contribution is 0.0487. The molecule has 0 aliphatic carbocycles. The van der Waals surface area contributed by atoms with Crippen LogP contribution in [0.25, 0.3) is 0 Å². The van der Waals surface area contributed by atoms with E-state index in [9.17, 15) is 0 Å². The zero-order valence-electron chi connectivity index (χ0n) is 13.1. The van der Waals surface area contributed by atoms with E-state index in [0.29, 0.717) is 6.61 Å². The van der Waals surface area contributed by atoms with Crippen molar-refractivity contribution < 1.29 is 9.47 Å². The first-order valence-corrected chi connectivity index (χ1v) is 7.69. The van der Waals surface area contributed by atoms with E-state index in [-0.39, 0.29) is 12.1 Å². The van der Waals surface area contributed by atoms with Crippen molar-refractivity contribution in [3.63, 3.8) is 0 Å². The zero-order chi connectivity index (χ0) is 14.8. The summed E-state index contributed by atoms with van der Waals surface area (Å²) in [4.78, 5) is 0. The maximum atomic E-state index is 6.19. The first-order chi connectivity index (χ1) is 9.69. The van der Waals surface area contributed by atoms with E-state index in [2.05, 4.69) is 13.8 Å². The molecule has 1 aromatic carbocycles. The summed E-state index contributed by atoms with van der Waals surface area (Å²) in [7, 11) is 1.67. The topological polar surface area (TPSA) is 44.5 Å². The van der Waals surface area contributed by atoms with Crippen molar-refractivity contribution in [3.05, 3.63) is 29.8 Å². The maximum absolute atomic E-state index is 6.19. The van der Waals surface area contributed by atoms with Crippen LogP contribution in [0.1, 0.15) is 57.6 Å². The lowest BCUT2D eigenvalue weighted by Gasteiger charge is -2.19. The molecular weight excluding hydrogens is 250 g/mol. The van der Waals surface area contributed by atoms with Gasteiger partial charge >= 0.3 is 0 Å². The molecule has 114 valence electrons. The second-order valence-electron chi connectivity index (χ2n) is 5.34. The number of ether oxygens (including phenoxy) is 2. The lowest BCUT2D eigenvalue weighted by Crippen LogP contribution is -2.21. The Balaban J connectivity index is 2.33. The molecule has 2 unspecified atom stereocenters. The molecule has 0 spiro atoms. The van der Waals surface area contributed by atoms with Gasteiger partial charge in [-0.25, -0.2) is 0 Å². The van der Waals surface area contributed by atoms with Crippen molar-refractivity contribution in [2.75, 3.05) is 13.7 Å². The van der Waals surface area contributed by atoms with Gasteiger partial charge < -0.3 is 15.2 Å². The highest BCUT2D eigenvalue weighted by Gasteiger charge is 2.13. The van der Waals surface area contributed by atoms with Crippen molar-refractivity contribution in [2.24, 2.45) is 5.73 Å². The molecule has 0 radical (unpaired) electrons. The molecule has 0 saturated heterocycles. The van der Waals surface area contributed by atoms with Crippen molar-refractivity contribution >= 4 is 0 Å². The first kappa shape index (κ1) is 17.0. The van der Waals surface area contributed by atoms with Crippen LogP contribution in [0.15, 0.2) is 24.3 Å². The molecule has 2 N–H and O–H groups in total. The molecule has 0 aromatic heterocycles. The number of rotatable bonds is 10.